The van der Waals surface area contributed by atoms with E-state index in [1.54, 1.807) is 6.08 Å². The zero-order chi connectivity index (χ0) is 21.3. The molecule has 0 radical (unpaired) electrons. The molecule has 6 nitrogen and oxygen atoms in total. The summed E-state index contributed by atoms with van der Waals surface area (Å²) in [6.45, 7) is 6.43. The van der Waals surface area contributed by atoms with Gasteiger partial charge in [0.2, 0.25) is 5.89 Å². The minimum absolute atomic E-state index is 0.393. The van der Waals surface area contributed by atoms with Gasteiger partial charge < -0.3 is 19.6 Å². The number of aliphatic carboxylic acids is 1. The molecule has 1 unspecified atom stereocenters. The summed E-state index contributed by atoms with van der Waals surface area (Å²) in [4.78, 5) is 15.9. The van der Waals surface area contributed by atoms with Gasteiger partial charge >= 0.3 is 5.97 Å². The van der Waals surface area contributed by atoms with Crippen molar-refractivity contribution in [2.45, 2.75) is 25.8 Å². The largest absolute Gasteiger partial charge is 0.493 e. The molecule has 0 aliphatic heterocycles. The standard InChI is InChI=1S/C24H26N2O4/c1-3-14-25-22(24(27)28)16-18-9-11-20(12-10-18)29-15-13-21-17(2)30-23(26-21)19-7-5-4-6-8-19/h3-12,22,25H,1,13-16H2,2H3,(H,27,28). The first-order valence-corrected chi connectivity index (χ1v) is 9.87. The van der Waals surface area contributed by atoms with Crippen LogP contribution in [0.1, 0.15) is 17.0 Å². The van der Waals surface area contributed by atoms with E-state index in [0.29, 0.717) is 31.9 Å². The van der Waals surface area contributed by atoms with E-state index in [1.807, 2.05) is 61.5 Å². The van der Waals surface area contributed by atoms with Gasteiger partial charge in [0.15, 0.2) is 0 Å². The van der Waals surface area contributed by atoms with E-state index in [4.69, 9.17) is 9.15 Å². The van der Waals surface area contributed by atoms with E-state index in [0.717, 1.165) is 28.3 Å². The number of aryl methyl sites for hydroxylation is 1. The Kier molecular flexibility index (Phi) is 7.40. The lowest BCUT2D eigenvalue weighted by atomic mass is 10.1. The van der Waals surface area contributed by atoms with Crippen LogP contribution in [0, 0.1) is 6.92 Å². The fourth-order valence-electron chi connectivity index (χ4n) is 3.06. The average molecular weight is 406 g/mol. The topological polar surface area (TPSA) is 84.6 Å². The molecule has 156 valence electrons. The lowest BCUT2D eigenvalue weighted by Gasteiger charge is -2.13. The van der Waals surface area contributed by atoms with E-state index >= 15 is 0 Å². The smallest absolute Gasteiger partial charge is 0.321 e. The molecule has 1 heterocycles. The number of carboxylic acids is 1. The van der Waals surface area contributed by atoms with Gasteiger partial charge in [-0.3, -0.25) is 4.79 Å². The fourth-order valence-corrected chi connectivity index (χ4v) is 3.06. The zero-order valence-electron chi connectivity index (χ0n) is 17.0. The van der Waals surface area contributed by atoms with Gasteiger partial charge in [-0.15, -0.1) is 6.58 Å². The molecular weight excluding hydrogens is 380 g/mol. The van der Waals surface area contributed by atoms with E-state index < -0.39 is 12.0 Å². The Morgan fingerprint density at radius 3 is 2.63 bits per heavy atom. The molecule has 2 N–H and O–H groups in total. The third kappa shape index (κ3) is 5.81. The van der Waals surface area contributed by atoms with Crippen LogP contribution in [0.3, 0.4) is 0 Å². The summed E-state index contributed by atoms with van der Waals surface area (Å²) in [5, 5.41) is 12.2. The van der Waals surface area contributed by atoms with Crippen LogP contribution in [0.25, 0.3) is 11.5 Å². The van der Waals surface area contributed by atoms with Crippen molar-refractivity contribution in [2.24, 2.45) is 0 Å². The number of rotatable bonds is 11. The maximum atomic E-state index is 11.3. The minimum atomic E-state index is -0.880. The molecule has 1 aromatic heterocycles. The van der Waals surface area contributed by atoms with Crippen LogP contribution in [0.5, 0.6) is 5.75 Å². The third-order valence-corrected chi connectivity index (χ3v) is 4.69. The second-order valence-electron chi connectivity index (χ2n) is 6.92. The molecule has 0 aliphatic rings. The number of nitrogens with one attached hydrogen (secondary N) is 1. The van der Waals surface area contributed by atoms with Crippen LogP contribution in [0.2, 0.25) is 0 Å². The quantitative estimate of drug-likeness (QED) is 0.468. The average Bonchev–Trinajstić information content (AvgIpc) is 3.13. The number of aromatic nitrogens is 1. The Morgan fingerprint density at radius 2 is 1.97 bits per heavy atom. The maximum Gasteiger partial charge on any atom is 0.321 e. The van der Waals surface area contributed by atoms with Crippen molar-refractivity contribution in [1.29, 1.82) is 0 Å². The first-order valence-electron chi connectivity index (χ1n) is 9.87. The van der Waals surface area contributed by atoms with Crippen LogP contribution in [-0.2, 0) is 17.6 Å². The van der Waals surface area contributed by atoms with Crippen molar-refractivity contribution in [3.8, 4) is 17.2 Å². The van der Waals surface area contributed by atoms with Crippen molar-refractivity contribution >= 4 is 5.97 Å². The molecule has 30 heavy (non-hydrogen) atoms. The molecular formula is C24H26N2O4. The maximum absolute atomic E-state index is 11.3. The number of carboxylic acid groups (broad SMARTS) is 1. The summed E-state index contributed by atoms with van der Waals surface area (Å²) in [5.74, 6) is 1.26. The number of carbonyl (C=O) groups is 1. The third-order valence-electron chi connectivity index (χ3n) is 4.69. The molecule has 0 saturated heterocycles. The van der Waals surface area contributed by atoms with Gasteiger partial charge in [0, 0.05) is 18.5 Å². The van der Waals surface area contributed by atoms with Crippen LogP contribution in [-0.4, -0.2) is 35.3 Å². The first kappa shape index (κ1) is 21.3. The summed E-state index contributed by atoms with van der Waals surface area (Å²) in [6.07, 6.45) is 2.67. The molecule has 0 aliphatic carbocycles. The van der Waals surface area contributed by atoms with E-state index in [1.165, 1.54) is 0 Å². The first-order chi connectivity index (χ1) is 14.6. The molecule has 2 aromatic carbocycles. The molecule has 0 amide bonds. The highest BCUT2D eigenvalue weighted by Crippen LogP contribution is 2.22. The van der Waals surface area contributed by atoms with Crippen LogP contribution in [0.4, 0.5) is 0 Å². The number of benzene rings is 2. The number of ether oxygens (including phenoxy) is 1. The number of hydrogen-bond acceptors (Lipinski definition) is 5. The van der Waals surface area contributed by atoms with Gasteiger partial charge in [-0.1, -0.05) is 36.4 Å². The summed E-state index contributed by atoms with van der Waals surface area (Å²) >= 11 is 0. The summed E-state index contributed by atoms with van der Waals surface area (Å²) in [7, 11) is 0. The molecule has 1 atom stereocenters. The molecule has 0 fully saturated rings. The minimum Gasteiger partial charge on any atom is -0.493 e. The lowest BCUT2D eigenvalue weighted by Crippen LogP contribution is -2.38. The van der Waals surface area contributed by atoms with Crippen LogP contribution >= 0.6 is 0 Å². The number of nitrogens with zero attached hydrogens (tertiary/aromatic N) is 1. The molecule has 3 aromatic rings. The zero-order valence-corrected chi connectivity index (χ0v) is 17.0. The summed E-state index contributed by atoms with van der Waals surface area (Å²) in [5.41, 5.74) is 2.75. The molecule has 3 rings (SSSR count). The number of hydrogen-bond donors (Lipinski definition) is 2. The van der Waals surface area contributed by atoms with Crippen LogP contribution < -0.4 is 10.1 Å². The van der Waals surface area contributed by atoms with E-state index in [2.05, 4.69) is 16.9 Å². The second-order valence-corrected chi connectivity index (χ2v) is 6.92. The monoisotopic (exact) mass is 406 g/mol. The Bertz CT molecular complexity index is 965. The van der Waals surface area contributed by atoms with Gasteiger partial charge in [0.1, 0.15) is 17.6 Å². The summed E-state index contributed by atoms with van der Waals surface area (Å²) < 4.78 is 11.6. The van der Waals surface area contributed by atoms with Crippen LogP contribution in [0.15, 0.2) is 71.7 Å². The predicted molar refractivity (Wildman–Crippen MR) is 116 cm³/mol. The SMILES string of the molecule is C=CCNC(Cc1ccc(OCCc2nc(-c3ccccc3)oc2C)cc1)C(=O)O. The van der Waals surface area contributed by atoms with Gasteiger partial charge in [0.25, 0.3) is 0 Å². The molecule has 0 saturated carbocycles. The highest BCUT2D eigenvalue weighted by molar-refractivity contribution is 5.74. The van der Waals surface area contributed by atoms with Crippen molar-refractivity contribution in [3.63, 3.8) is 0 Å². The van der Waals surface area contributed by atoms with E-state index in [9.17, 15) is 9.90 Å². The van der Waals surface area contributed by atoms with Gasteiger partial charge in [-0.05, 0) is 43.2 Å². The predicted octanol–water partition coefficient (Wildman–Crippen LogP) is 4.04. The van der Waals surface area contributed by atoms with Crippen molar-refractivity contribution in [2.75, 3.05) is 13.2 Å². The normalized spacial score (nSPS) is 11.8. The lowest BCUT2D eigenvalue weighted by molar-refractivity contribution is -0.139. The molecule has 0 spiro atoms. The Labute approximate surface area is 176 Å². The van der Waals surface area contributed by atoms with Gasteiger partial charge in [-0.2, -0.15) is 0 Å². The fraction of sp³-hybridized carbons (Fsp3) is 0.250. The molecule has 0 bridgehead atoms. The van der Waals surface area contributed by atoms with Gasteiger partial charge in [-0.25, -0.2) is 4.98 Å². The van der Waals surface area contributed by atoms with Gasteiger partial charge in [0.05, 0.1) is 12.3 Å². The summed E-state index contributed by atoms with van der Waals surface area (Å²) in [6, 6.07) is 16.6. The second kappa shape index (κ2) is 10.4. The molecule has 6 heteroatoms. The highest BCUT2D eigenvalue weighted by atomic mass is 16.5. The Hall–Kier alpha value is -3.38. The Balaban J connectivity index is 1.53. The van der Waals surface area contributed by atoms with Crippen molar-refractivity contribution in [3.05, 3.63) is 84.3 Å². The van der Waals surface area contributed by atoms with Crippen molar-refractivity contribution in [1.82, 2.24) is 10.3 Å². The van der Waals surface area contributed by atoms with Crippen molar-refractivity contribution < 1.29 is 19.1 Å². The Morgan fingerprint density at radius 1 is 1.23 bits per heavy atom. The number of oxazole rings is 1. The van der Waals surface area contributed by atoms with E-state index in [-0.39, 0.29) is 0 Å². The highest BCUT2D eigenvalue weighted by Gasteiger charge is 2.16.